The molecule has 0 amide bonds. The van der Waals surface area contributed by atoms with Crippen LogP contribution in [-0.2, 0) is 0 Å². The lowest BCUT2D eigenvalue weighted by molar-refractivity contribution is 0.313. The highest BCUT2D eigenvalue weighted by atomic mass is 32.2. The molecule has 0 saturated carbocycles. The Morgan fingerprint density at radius 2 is 1.71 bits per heavy atom. The second kappa shape index (κ2) is 8.67. The Hall–Kier alpha value is -3.19. The summed E-state index contributed by atoms with van der Waals surface area (Å²) in [4.78, 5) is 0. The maximum atomic E-state index is 5.85. The Morgan fingerprint density at radius 3 is 2.46 bits per heavy atom. The van der Waals surface area contributed by atoms with Gasteiger partial charge < -0.3 is 13.9 Å². The molecule has 0 N–H and O–H groups in total. The monoisotopic (exact) mass is 393 g/mol. The maximum Gasteiger partial charge on any atom is 0.205 e. The number of rotatable bonds is 8. The predicted octanol–water partition coefficient (Wildman–Crippen LogP) is 4.71. The summed E-state index contributed by atoms with van der Waals surface area (Å²) >= 11 is 1.57. The van der Waals surface area contributed by atoms with Gasteiger partial charge in [-0.25, -0.2) is 0 Å². The number of nitrogens with zero attached hydrogens (tertiary/aromatic N) is 3. The third kappa shape index (κ3) is 3.89. The normalized spacial score (nSPS) is 10.8. The highest BCUT2D eigenvalue weighted by Gasteiger charge is 2.17. The number of para-hydroxylation sites is 3. The molecule has 28 heavy (non-hydrogen) atoms. The van der Waals surface area contributed by atoms with Gasteiger partial charge in [0.05, 0.1) is 20.0 Å². The van der Waals surface area contributed by atoms with E-state index in [4.69, 9.17) is 13.9 Å². The first-order valence-corrected chi connectivity index (χ1v) is 9.78. The molecule has 0 bridgehead atoms. The first kappa shape index (κ1) is 18.2. The van der Waals surface area contributed by atoms with Gasteiger partial charge in [0, 0.05) is 11.4 Å². The van der Waals surface area contributed by atoms with E-state index in [2.05, 4.69) is 10.2 Å². The van der Waals surface area contributed by atoms with Crippen LogP contribution in [0.4, 0.5) is 0 Å². The van der Waals surface area contributed by atoms with Gasteiger partial charge in [0.2, 0.25) is 5.82 Å². The van der Waals surface area contributed by atoms with Crippen LogP contribution in [0.15, 0.2) is 82.6 Å². The van der Waals surface area contributed by atoms with E-state index in [1.807, 2.05) is 71.3 Å². The molecule has 0 aliphatic heterocycles. The van der Waals surface area contributed by atoms with Gasteiger partial charge in [-0.15, -0.1) is 10.2 Å². The smallest absolute Gasteiger partial charge is 0.205 e. The zero-order chi connectivity index (χ0) is 19.2. The lowest BCUT2D eigenvalue weighted by Crippen LogP contribution is -2.04. The zero-order valence-electron chi connectivity index (χ0n) is 15.3. The molecule has 142 valence electrons. The van der Waals surface area contributed by atoms with Crippen LogP contribution in [0.25, 0.3) is 17.3 Å². The summed E-state index contributed by atoms with van der Waals surface area (Å²) in [6, 6.07) is 21.3. The van der Waals surface area contributed by atoms with Gasteiger partial charge in [-0.1, -0.05) is 42.1 Å². The van der Waals surface area contributed by atoms with Gasteiger partial charge in [-0.3, -0.25) is 4.57 Å². The number of furan rings is 1. The highest BCUT2D eigenvalue weighted by Crippen LogP contribution is 2.29. The molecule has 0 atom stereocenters. The Morgan fingerprint density at radius 1 is 0.929 bits per heavy atom. The van der Waals surface area contributed by atoms with E-state index in [1.165, 1.54) is 0 Å². The van der Waals surface area contributed by atoms with Crippen LogP contribution >= 0.6 is 11.8 Å². The van der Waals surface area contributed by atoms with E-state index < -0.39 is 0 Å². The van der Waals surface area contributed by atoms with Crippen LogP contribution < -0.4 is 9.47 Å². The van der Waals surface area contributed by atoms with Crippen molar-refractivity contribution in [2.24, 2.45) is 0 Å². The average molecular weight is 393 g/mol. The van der Waals surface area contributed by atoms with E-state index in [0.29, 0.717) is 23.9 Å². The second-order valence-corrected chi connectivity index (χ2v) is 6.86. The highest BCUT2D eigenvalue weighted by molar-refractivity contribution is 7.99. The van der Waals surface area contributed by atoms with Gasteiger partial charge in [0.1, 0.15) is 0 Å². The fourth-order valence-corrected chi connectivity index (χ4v) is 3.53. The molecule has 0 radical (unpaired) electrons. The minimum Gasteiger partial charge on any atom is -0.493 e. The Balaban J connectivity index is 1.50. The van der Waals surface area contributed by atoms with Gasteiger partial charge in [-0.2, -0.15) is 0 Å². The number of thioether (sulfide) groups is 1. The molecule has 4 aromatic rings. The molecular weight excluding hydrogens is 374 g/mol. The summed E-state index contributed by atoms with van der Waals surface area (Å²) in [5, 5.41) is 9.48. The number of benzene rings is 2. The van der Waals surface area contributed by atoms with Crippen molar-refractivity contribution in [3.8, 4) is 28.8 Å². The lowest BCUT2D eigenvalue weighted by Gasteiger charge is -2.11. The minimum atomic E-state index is 0.517. The summed E-state index contributed by atoms with van der Waals surface area (Å²) in [5.74, 6) is 3.51. The van der Waals surface area contributed by atoms with Crippen LogP contribution in [0, 0.1) is 0 Å². The standard InChI is InChI=1S/C21H19N3O3S/c1-25-17-10-5-6-11-18(17)27-14-15-28-21-23-22-20(19-12-7-13-26-19)24(21)16-8-3-2-4-9-16/h2-13H,14-15H2,1H3. The van der Waals surface area contributed by atoms with Crippen LogP contribution in [0.3, 0.4) is 0 Å². The molecule has 7 heteroatoms. The Kier molecular flexibility index (Phi) is 5.63. The van der Waals surface area contributed by atoms with E-state index >= 15 is 0 Å². The summed E-state index contributed by atoms with van der Waals surface area (Å²) in [5.41, 5.74) is 0.979. The second-order valence-electron chi connectivity index (χ2n) is 5.80. The summed E-state index contributed by atoms with van der Waals surface area (Å²) in [7, 11) is 1.63. The summed E-state index contributed by atoms with van der Waals surface area (Å²) in [6.45, 7) is 0.517. The van der Waals surface area contributed by atoms with Crippen LogP contribution in [0.1, 0.15) is 0 Å². The van der Waals surface area contributed by atoms with Crippen molar-refractivity contribution in [1.29, 1.82) is 0 Å². The van der Waals surface area contributed by atoms with Gasteiger partial charge in [0.25, 0.3) is 0 Å². The molecule has 4 rings (SSSR count). The van der Waals surface area contributed by atoms with Crippen molar-refractivity contribution in [1.82, 2.24) is 14.8 Å². The molecule has 0 aliphatic carbocycles. The van der Waals surface area contributed by atoms with Crippen LogP contribution in [0.2, 0.25) is 0 Å². The number of methoxy groups -OCH3 is 1. The molecule has 0 unspecified atom stereocenters. The molecule has 2 aromatic carbocycles. The van der Waals surface area contributed by atoms with E-state index in [-0.39, 0.29) is 0 Å². The number of hydrogen-bond donors (Lipinski definition) is 0. The van der Waals surface area contributed by atoms with Gasteiger partial charge in [0.15, 0.2) is 22.4 Å². The third-order valence-corrected chi connectivity index (χ3v) is 4.92. The third-order valence-electron chi connectivity index (χ3n) is 4.03. The minimum absolute atomic E-state index is 0.517. The number of hydrogen-bond acceptors (Lipinski definition) is 6. The van der Waals surface area contributed by atoms with Crippen molar-refractivity contribution >= 4 is 11.8 Å². The van der Waals surface area contributed by atoms with Gasteiger partial charge in [-0.05, 0) is 36.4 Å². The van der Waals surface area contributed by atoms with E-state index in [1.54, 1.807) is 25.1 Å². The fraction of sp³-hybridized carbons (Fsp3) is 0.143. The molecule has 0 spiro atoms. The van der Waals surface area contributed by atoms with Crippen molar-refractivity contribution < 1.29 is 13.9 Å². The summed E-state index contributed by atoms with van der Waals surface area (Å²) in [6.07, 6.45) is 1.63. The van der Waals surface area contributed by atoms with Crippen molar-refractivity contribution in [2.45, 2.75) is 5.16 Å². The molecule has 6 nitrogen and oxygen atoms in total. The Labute approximate surface area is 167 Å². The van der Waals surface area contributed by atoms with Crippen molar-refractivity contribution in [2.75, 3.05) is 19.5 Å². The van der Waals surface area contributed by atoms with Gasteiger partial charge >= 0.3 is 0 Å². The number of aromatic nitrogens is 3. The predicted molar refractivity (Wildman–Crippen MR) is 108 cm³/mol. The summed E-state index contributed by atoms with van der Waals surface area (Å²) < 4.78 is 18.7. The largest absolute Gasteiger partial charge is 0.493 e. The van der Waals surface area contributed by atoms with Crippen molar-refractivity contribution in [3.05, 3.63) is 73.0 Å². The lowest BCUT2D eigenvalue weighted by atomic mass is 10.3. The fourth-order valence-electron chi connectivity index (χ4n) is 2.76. The number of ether oxygens (including phenoxy) is 2. The quantitative estimate of drug-likeness (QED) is 0.319. The maximum absolute atomic E-state index is 5.85. The first-order chi connectivity index (χ1) is 13.9. The molecule has 2 heterocycles. The Bertz CT molecular complexity index is 1020. The molecule has 0 saturated heterocycles. The molecule has 0 aliphatic rings. The zero-order valence-corrected chi connectivity index (χ0v) is 16.1. The van der Waals surface area contributed by atoms with E-state index in [0.717, 1.165) is 22.3 Å². The first-order valence-electron chi connectivity index (χ1n) is 8.80. The van der Waals surface area contributed by atoms with E-state index in [9.17, 15) is 0 Å². The average Bonchev–Trinajstić information content (AvgIpc) is 3.42. The molecular formula is C21H19N3O3S. The van der Waals surface area contributed by atoms with Crippen LogP contribution in [-0.4, -0.2) is 34.2 Å². The van der Waals surface area contributed by atoms with Crippen molar-refractivity contribution in [3.63, 3.8) is 0 Å². The molecule has 2 aromatic heterocycles. The molecule has 0 fully saturated rings. The van der Waals surface area contributed by atoms with Crippen LogP contribution in [0.5, 0.6) is 11.5 Å². The topological polar surface area (TPSA) is 62.3 Å². The SMILES string of the molecule is COc1ccccc1OCCSc1nnc(-c2ccco2)n1-c1ccccc1.